The molecule has 1 heterocycles. The summed E-state index contributed by atoms with van der Waals surface area (Å²) in [5.41, 5.74) is 0.968. The van der Waals surface area contributed by atoms with Crippen LogP contribution in [-0.2, 0) is 9.53 Å². The Morgan fingerprint density at radius 3 is 2.05 bits per heavy atom. The Morgan fingerprint density at radius 2 is 1.57 bits per heavy atom. The van der Waals surface area contributed by atoms with Crippen molar-refractivity contribution >= 4 is 17.8 Å². The van der Waals surface area contributed by atoms with E-state index in [1.807, 2.05) is 0 Å². The average Bonchev–Trinajstić information content (AvgIpc) is 2.79. The van der Waals surface area contributed by atoms with Crippen LogP contribution >= 0.6 is 0 Å². The van der Waals surface area contributed by atoms with Crippen LogP contribution in [0.4, 0.5) is 0 Å². The standard InChI is InChI=1S/C16H17NO4/c1-21-16(20)10-6-8-11(9-7-10)17-14(18)12-4-2-3-5-13(12)15(17)19/h2-5,10-11H,6-9H2,1H3. The molecule has 0 atom stereocenters. The minimum absolute atomic E-state index is 0.110. The third-order valence-corrected chi connectivity index (χ3v) is 4.42. The third kappa shape index (κ3) is 2.22. The molecule has 5 heteroatoms. The monoisotopic (exact) mass is 287 g/mol. The van der Waals surface area contributed by atoms with E-state index in [0.29, 0.717) is 36.8 Å². The largest absolute Gasteiger partial charge is 0.469 e. The van der Waals surface area contributed by atoms with Crippen LogP contribution in [0, 0.1) is 5.92 Å². The van der Waals surface area contributed by atoms with Gasteiger partial charge in [-0.2, -0.15) is 0 Å². The molecule has 2 amide bonds. The summed E-state index contributed by atoms with van der Waals surface area (Å²) in [5.74, 6) is -0.730. The van der Waals surface area contributed by atoms with E-state index in [1.165, 1.54) is 12.0 Å². The van der Waals surface area contributed by atoms with E-state index in [-0.39, 0.29) is 29.7 Å². The van der Waals surface area contributed by atoms with E-state index in [0.717, 1.165) is 0 Å². The van der Waals surface area contributed by atoms with Crippen molar-refractivity contribution in [3.8, 4) is 0 Å². The number of esters is 1. The van der Waals surface area contributed by atoms with Crippen LogP contribution in [0.3, 0.4) is 0 Å². The predicted molar refractivity (Wildman–Crippen MR) is 74.7 cm³/mol. The number of fused-ring (bicyclic) bond motifs is 1. The molecule has 110 valence electrons. The van der Waals surface area contributed by atoms with Crippen molar-refractivity contribution in [1.29, 1.82) is 0 Å². The van der Waals surface area contributed by atoms with Gasteiger partial charge in [-0.25, -0.2) is 0 Å². The van der Waals surface area contributed by atoms with Gasteiger partial charge in [0, 0.05) is 6.04 Å². The van der Waals surface area contributed by atoms with Crippen LogP contribution in [0.2, 0.25) is 0 Å². The molecule has 1 saturated carbocycles. The fourth-order valence-corrected chi connectivity index (χ4v) is 3.28. The van der Waals surface area contributed by atoms with Crippen molar-refractivity contribution in [2.45, 2.75) is 31.7 Å². The maximum atomic E-state index is 12.4. The van der Waals surface area contributed by atoms with Crippen molar-refractivity contribution in [3.63, 3.8) is 0 Å². The molecule has 0 unspecified atom stereocenters. The van der Waals surface area contributed by atoms with Gasteiger partial charge in [-0.3, -0.25) is 19.3 Å². The molecule has 1 aromatic carbocycles. The van der Waals surface area contributed by atoms with Gasteiger partial charge in [0.25, 0.3) is 11.8 Å². The number of carbonyl (C=O) groups is 3. The minimum atomic E-state index is -0.211. The second kappa shape index (κ2) is 5.31. The molecule has 0 saturated heterocycles. The highest BCUT2D eigenvalue weighted by Gasteiger charge is 2.41. The average molecular weight is 287 g/mol. The SMILES string of the molecule is COC(=O)C1CCC(N2C(=O)c3ccccc3C2=O)CC1. The summed E-state index contributed by atoms with van der Waals surface area (Å²) in [6.45, 7) is 0. The number of imide groups is 1. The molecular formula is C16H17NO4. The molecule has 1 aliphatic carbocycles. The van der Waals surface area contributed by atoms with Gasteiger partial charge >= 0.3 is 5.97 Å². The van der Waals surface area contributed by atoms with E-state index in [4.69, 9.17) is 4.74 Å². The lowest BCUT2D eigenvalue weighted by molar-refractivity contribution is -0.146. The Balaban J connectivity index is 1.74. The smallest absolute Gasteiger partial charge is 0.308 e. The summed E-state index contributed by atoms with van der Waals surface area (Å²) in [7, 11) is 1.39. The maximum Gasteiger partial charge on any atom is 0.308 e. The highest BCUT2D eigenvalue weighted by molar-refractivity contribution is 6.21. The van der Waals surface area contributed by atoms with E-state index in [2.05, 4.69) is 0 Å². The zero-order valence-corrected chi connectivity index (χ0v) is 11.9. The molecular weight excluding hydrogens is 270 g/mol. The first-order valence-electron chi connectivity index (χ1n) is 7.18. The van der Waals surface area contributed by atoms with Crippen LogP contribution in [0.5, 0.6) is 0 Å². The Bertz CT molecular complexity index is 567. The first kappa shape index (κ1) is 13.8. The fourth-order valence-electron chi connectivity index (χ4n) is 3.28. The maximum absolute atomic E-state index is 12.4. The van der Waals surface area contributed by atoms with E-state index in [1.54, 1.807) is 24.3 Å². The van der Waals surface area contributed by atoms with Gasteiger partial charge in [0.2, 0.25) is 0 Å². The molecule has 5 nitrogen and oxygen atoms in total. The second-order valence-electron chi connectivity index (χ2n) is 5.55. The molecule has 21 heavy (non-hydrogen) atoms. The van der Waals surface area contributed by atoms with Crippen molar-refractivity contribution in [3.05, 3.63) is 35.4 Å². The predicted octanol–water partition coefficient (Wildman–Crippen LogP) is 2.01. The van der Waals surface area contributed by atoms with Gasteiger partial charge in [-0.15, -0.1) is 0 Å². The van der Waals surface area contributed by atoms with E-state index >= 15 is 0 Å². The normalized spacial score (nSPS) is 24.9. The second-order valence-corrected chi connectivity index (χ2v) is 5.55. The number of nitrogens with zero attached hydrogens (tertiary/aromatic N) is 1. The fraction of sp³-hybridized carbons (Fsp3) is 0.438. The van der Waals surface area contributed by atoms with Crippen molar-refractivity contribution in [2.24, 2.45) is 5.92 Å². The van der Waals surface area contributed by atoms with Gasteiger partial charge in [-0.05, 0) is 37.8 Å². The number of rotatable bonds is 2. The molecule has 0 bridgehead atoms. The first-order valence-corrected chi connectivity index (χ1v) is 7.18. The Hall–Kier alpha value is -2.17. The van der Waals surface area contributed by atoms with Crippen LogP contribution in [0.25, 0.3) is 0 Å². The highest BCUT2D eigenvalue weighted by Crippen LogP contribution is 2.33. The summed E-state index contributed by atoms with van der Waals surface area (Å²) >= 11 is 0. The number of hydrogen-bond acceptors (Lipinski definition) is 4. The van der Waals surface area contributed by atoms with Gasteiger partial charge in [-0.1, -0.05) is 12.1 Å². The van der Waals surface area contributed by atoms with E-state index in [9.17, 15) is 14.4 Å². The third-order valence-electron chi connectivity index (χ3n) is 4.42. The molecule has 1 aromatic rings. The molecule has 0 radical (unpaired) electrons. The Kier molecular flexibility index (Phi) is 3.49. The lowest BCUT2D eigenvalue weighted by Gasteiger charge is -2.32. The molecule has 0 N–H and O–H groups in total. The number of ether oxygens (including phenoxy) is 1. The summed E-state index contributed by atoms with van der Waals surface area (Å²) in [6.07, 6.45) is 2.63. The summed E-state index contributed by atoms with van der Waals surface area (Å²) in [4.78, 5) is 37.7. The number of carbonyl (C=O) groups excluding carboxylic acids is 3. The summed E-state index contributed by atoms with van der Waals surface area (Å²) in [6, 6.07) is 6.80. The quantitative estimate of drug-likeness (QED) is 0.616. The van der Waals surface area contributed by atoms with Crippen molar-refractivity contribution in [1.82, 2.24) is 4.90 Å². The number of amides is 2. The van der Waals surface area contributed by atoms with Gasteiger partial charge in [0.15, 0.2) is 0 Å². The Morgan fingerprint density at radius 1 is 1.05 bits per heavy atom. The van der Waals surface area contributed by atoms with Crippen molar-refractivity contribution < 1.29 is 19.1 Å². The lowest BCUT2D eigenvalue weighted by atomic mass is 9.85. The molecule has 3 rings (SSSR count). The molecule has 0 aromatic heterocycles. The van der Waals surface area contributed by atoms with E-state index < -0.39 is 0 Å². The number of benzene rings is 1. The molecule has 2 aliphatic rings. The summed E-state index contributed by atoms with van der Waals surface area (Å²) < 4.78 is 4.76. The van der Waals surface area contributed by atoms with Crippen LogP contribution in [0.15, 0.2) is 24.3 Å². The Labute approximate surface area is 122 Å². The minimum Gasteiger partial charge on any atom is -0.469 e. The number of hydrogen-bond donors (Lipinski definition) is 0. The number of methoxy groups -OCH3 is 1. The molecule has 1 aliphatic heterocycles. The topological polar surface area (TPSA) is 63.7 Å². The van der Waals surface area contributed by atoms with Gasteiger partial charge in [0.05, 0.1) is 24.2 Å². The molecule has 1 fully saturated rings. The van der Waals surface area contributed by atoms with Crippen LogP contribution in [-0.4, -0.2) is 35.8 Å². The van der Waals surface area contributed by atoms with Crippen molar-refractivity contribution in [2.75, 3.05) is 7.11 Å². The highest BCUT2D eigenvalue weighted by atomic mass is 16.5. The van der Waals surface area contributed by atoms with Gasteiger partial charge in [0.1, 0.15) is 0 Å². The molecule has 0 spiro atoms. The van der Waals surface area contributed by atoms with Crippen LogP contribution in [0.1, 0.15) is 46.4 Å². The lowest BCUT2D eigenvalue weighted by Crippen LogP contribution is -2.42. The first-order chi connectivity index (χ1) is 10.1. The summed E-state index contributed by atoms with van der Waals surface area (Å²) in [5, 5.41) is 0. The van der Waals surface area contributed by atoms with Gasteiger partial charge < -0.3 is 4.74 Å². The van der Waals surface area contributed by atoms with Crippen LogP contribution < -0.4 is 0 Å². The zero-order valence-electron chi connectivity index (χ0n) is 11.9. The zero-order chi connectivity index (χ0) is 15.0.